The summed E-state index contributed by atoms with van der Waals surface area (Å²) < 4.78 is 25.1. The van der Waals surface area contributed by atoms with E-state index in [-0.39, 0.29) is 11.2 Å². The zero-order chi connectivity index (χ0) is 17.4. The third-order valence-corrected chi connectivity index (χ3v) is 7.37. The molecule has 3 rings (SSSR count). The van der Waals surface area contributed by atoms with Crippen molar-refractivity contribution in [1.29, 1.82) is 0 Å². The second-order valence-corrected chi connectivity index (χ2v) is 9.71. The molecule has 1 atom stereocenters. The molecule has 134 valence electrons. The predicted molar refractivity (Wildman–Crippen MR) is 94.5 cm³/mol. The zero-order valence-electron chi connectivity index (χ0n) is 15.0. The van der Waals surface area contributed by atoms with Crippen molar-refractivity contribution in [3.63, 3.8) is 0 Å². The van der Waals surface area contributed by atoms with E-state index in [1.165, 1.54) is 22.0 Å². The first-order chi connectivity index (χ1) is 11.3. The van der Waals surface area contributed by atoms with Crippen LogP contribution in [0.5, 0.6) is 0 Å². The number of aromatic nitrogens is 2. The molecule has 0 radical (unpaired) electrons. The standard InChI is InChI=1S/C17H28N4O2S/c1-14-18-12-15-6-8-17(16(15)19-14)7-4-9-21(13-17)10-5-11-24(22,23)20(2)3/h12H,4-11,13H2,1-3H3. The Hall–Kier alpha value is -1.05. The van der Waals surface area contributed by atoms with Crippen LogP contribution in [0.15, 0.2) is 6.20 Å². The van der Waals surface area contributed by atoms with Crippen LogP contribution in [-0.4, -0.2) is 67.1 Å². The van der Waals surface area contributed by atoms with Crippen LogP contribution in [0, 0.1) is 6.92 Å². The summed E-state index contributed by atoms with van der Waals surface area (Å²) in [4.78, 5) is 11.5. The molecule has 0 aromatic carbocycles. The summed E-state index contributed by atoms with van der Waals surface area (Å²) in [6.45, 7) is 4.86. The largest absolute Gasteiger partial charge is 0.302 e. The highest BCUT2D eigenvalue weighted by atomic mass is 32.2. The van der Waals surface area contributed by atoms with Gasteiger partial charge in [-0.1, -0.05) is 0 Å². The van der Waals surface area contributed by atoms with E-state index >= 15 is 0 Å². The maximum Gasteiger partial charge on any atom is 0.213 e. The van der Waals surface area contributed by atoms with E-state index in [2.05, 4.69) is 9.88 Å². The Kier molecular flexibility index (Phi) is 4.95. The fourth-order valence-electron chi connectivity index (χ4n) is 4.10. The molecule has 1 fully saturated rings. The molecule has 2 aliphatic rings. The van der Waals surface area contributed by atoms with Crippen LogP contribution in [0.4, 0.5) is 0 Å². The molecular formula is C17H28N4O2S. The molecule has 6 nitrogen and oxygen atoms in total. The van der Waals surface area contributed by atoms with Gasteiger partial charge >= 0.3 is 0 Å². The van der Waals surface area contributed by atoms with Gasteiger partial charge in [0.1, 0.15) is 5.82 Å². The van der Waals surface area contributed by atoms with E-state index in [1.807, 2.05) is 13.1 Å². The number of fused-ring (bicyclic) bond motifs is 2. The Bertz CT molecular complexity index is 701. The van der Waals surface area contributed by atoms with Gasteiger partial charge in [0.2, 0.25) is 10.0 Å². The van der Waals surface area contributed by atoms with Gasteiger partial charge in [-0.25, -0.2) is 22.7 Å². The van der Waals surface area contributed by atoms with Gasteiger partial charge in [0.25, 0.3) is 0 Å². The van der Waals surface area contributed by atoms with Crippen molar-refractivity contribution >= 4 is 10.0 Å². The molecular weight excluding hydrogens is 324 g/mol. The molecule has 1 aliphatic heterocycles. The summed E-state index contributed by atoms with van der Waals surface area (Å²) in [5.41, 5.74) is 2.71. The normalized spacial score (nSPS) is 24.7. The molecule has 0 N–H and O–H groups in total. The fraction of sp³-hybridized carbons (Fsp3) is 0.765. The van der Waals surface area contributed by atoms with Gasteiger partial charge in [0.15, 0.2) is 0 Å². The fourth-order valence-corrected chi connectivity index (χ4v) is 4.96. The highest BCUT2D eigenvalue weighted by Crippen LogP contribution is 2.43. The summed E-state index contributed by atoms with van der Waals surface area (Å²) in [6.07, 6.45) is 7.23. The van der Waals surface area contributed by atoms with E-state index in [9.17, 15) is 8.42 Å². The van der Waals surface area contributed by atoms with E-state index < -0.39 is 10.0 Å². The molecule has 0 bridgehead atoms. The second-order valence-electron chi connectivity index (χ2n) is 7.40. The van der Waals surface area contributed by atoms with Crippen LogP contribution in [0.25, 0.3) is 0 Å². The average Bonchev–Trinajstić information content (AvgIpc) is 2.85. The average molecular weight is 353 g/mol. The van der Waals surface area contributed by atoms with Gasteiger partial charge in [0, 0.05) is 32.3 Å². The van der Waals surface area contributed by atoms with Gasteiger partial charge in [-0.05, 0) is 57.7 Å². The third-order valence-electron chi connectivity index (χ3n) is 5.45. The number of piperidine rings is 1. The first kappa shape index (κ1) is 17.8. The third kappa shape index (κ3) is 3.48. The Morgan fingerprint density at radius 3 is 2.88 bits per heavy atom. The van der Waals surface area contributed by atoms with E-state index in [1.54, 1.807) is 14.1 Å². The first-order valence-electron chi connectivity index (χ1n) is 8.78. The molecule has 1 saturated heterocycles. The lowest BCUT2D eigenvalue weighted by molar-refractivity contribution is 0.143. The minimum atomic E-state index is -3.09. The summed E-state index contributed by atoms with van der Waals surface area (Å²) >= 11 is 0. The van der Waals surface area contributed by atoms with Crippen LogP contribution in [0.1, 0.15) is 42.8 Å². The van der Waals surface area contributed by atoms with Crippen molar-refractivity contribution in [2.75, 3.05) is 39.5 Å². The molecule has 1 aromatic rings. The summed E-state index contributed by atoms with van der Waals surface area (Å²) in [6, 6.07) is 0. The maximum atomic E-state index is 11.9. The molecule has 7 heteroatoms. The number of nitrogens with zero attached hydrogens (tertiary/aromatic N) is 4. The topological polar surface area (TPSA) is 66.4 Å². The lowest BCUT2D eigenvalue weighted by Crippen LogP contribution is -2.46. The van der Waals surface area contributed by atoms with Gasteiger partial charge in [-0.3, -0.25) is 0 Å². The molecule has 0 amide bonds. The molecule has 1 unspecified atom stereocenters. The van der Waals surface area contributed by atoms with Gasteiger partial charge < -0.3 is 4.90 Å². The van der Waals surface area contributed by atoms with Gasteiger partial charge in [-0.15, -0.1) is 0 Å². The van der Waals surface area contributed by atoms with E-state index in [0.29, 0.717) is 6.42 Å². The Morgan fingerprint density at radius 2 is 2.12 bits per heavy atom. The van der Waals surface area contributed by atoms with Crippen molar-refractivity contribution < 1.29 is 8.42 Å². The highest BCUT2D eigenvalue weighted by Gasteiger charge is 2.43. The smallest absolute Gasteiger partial charge is 0.213 e. The number of sulfonamides is 1. The lowest BCUT2D eigenvalue weighted by Gasteiger charge is -2.40. The van der Waals surface area contributed by atoms with Crippen LogP contribution >= 0.6 is 0 Å². The van der Waals surface area contributed by atoms with E-state index in [4.69, 9.17) is 4.98 Å². The van der Waals surface area contributed by atoms with Crippen LogP contribution in [0.3, 0.4) is 0 Å². The van der Waals surface area contributed by atoms with Crippen LogP contribution < -0.4 is 0 Å². The number of aryl methyl sites for hydroxylation is 2. The number of hydrogen-bond donors (Lipinski definition) is 0. The summed E-state index contributed by atoms with van der Waals surface area (Å²) in [5.74, 6) is 1.07. The SMILES string of the molecule is Cc1ncc2c(n1)C1(CCCN(CCCS(=O)(=O)N(C)C)C1)CC2. The van der Waals surface area contributed by atoms with Crippen LogP contribution in [-0.2, 0) is 21.9 Å². The molecule has 2 heterocycles. The van der Waals surface area contributed by atoms with Crippen molar-refractivity contribution in [3.05, 3.63) is 23.3 Å². The highest BCUT2D eigenvalue weighted by molar-refractivity contribution is 7.89. The predicted octanol–water partition coefficient (Wildman–Crippen LogP) is 1.35. The number of likely N-dealkylation sites (tertiary alicyclic amines) is 1. The van der Waals surface area contributed by atoms with E-state index in [0.717, 1.165) is 44.7 Å². The minimum absolute atomic E-state index is 0.154. The van der Waals surface area contributed by atoms with Gasteiger partial charge in [-0.2, -0.15) is 0 Å². The molecule has 0 saturated carbocycles. The quantitative estimate of drug-likeness (QED) is 0.800. The van der Waals surface area contributed by atoms with Crippen molar-refractivity contribution in [1.82, 2.24) is 19.2 Å². The Morgan fingerprint density at radius 1 is 1.33 bits per heavy atom. The Balaban J connectivity index is 1.65. The number of hydrogen-bond acceptors (Lipinski definition) is 5. The summed E-state index contributed by atoms with van der Waals surface area (Å²) in [7, 11) is 0.105. The molecule has 1 aromatic heterocycles. The van der Waals surface area contributed by atoms with Gasteiger partial charge in [0.05, 0.1) is 11.4 Å². The van der Waals surface area contributed by atoms with Crippen molar-refractivity contribution in [2.45, 2.75) is 44.4 Å². The molecule has 24 heavy (non-hydrogen) atoms. The number of rotatable bonds is 5. The minimum Gasteiger partial charge on any atom is -0.302 e. The monoisotopic (exact) mass is 352 g/mol. The lowest BCUT2D eigenvalue weighted by atomic mass is 9.77. The zero-order valence-corrected chi connectivity index (χ0v) is 15.8. The van der Waals surface area contributed by atoms with Crippen molar-refractivity contribution in [3.8, 4) is 0 Å². The molecule has 1 aliphatic carbocycles. The van der Waals surface area contributed by atoms with Crippen molar-refractivity contribution in [2.24, 2.45) is 0 Å². The maximum absolute atomic E-state index is 11.9. The second kappa shape index (κ2) is 6.69. The first-order valence-corrected chi connectivity index (χ1v) is 10.4. The van der Waals surface area contributed by atoms with Crippen LogP contribution in [0.2, 0.25) is 0 Å². The molecule has 1 spiro atoms. The Labute approximate surface area is 145 Å². The summed E-state index contributed by atoms with van der Waals surface area (Å²) in [5, 5.41) is 0.